The molecule has 0 saturated carbocycles. The maximum Gasteiger partial charge on any atom is 0.274 e. The number of hydrogen-bond donors (Lipinski definition) is 1. The number of carbonyl (C=O) groups is 1. The lowest BCUT2D eigenvalue weighted by molar-refractivity contribution is 0.102. The lowest BCUT2D eigenvalue weighted by atomic mass is 10.1. The van der Waals surface area contributed by atoms with E-state index < -0.39 is 0 Å². The van der Waals surface area contributed by atoms with Crippen LogP contribution >= 0.6 is 0 Å². The van der Waals surface area contributed by atoms with Crippen LogP contribution < -0.4 is 10.2 Å². The number of hydrogen-bond acceptors (Lipinski definition) is 6. The van der Waals surface area contributed by atoms with Gasteiger partial charge < -0.3 is 15.0 Å². The number of aromatic nitrogens is 3. The number of anilines is 2. The molecule has 1 amide bonds. The fraction of sp³-hybridized carbons (Fsp3) is 0.200. The van der Waals surface area contributed by atoms with Gasteiger partial charge in [-0.2, -0.15) is 0 Å². The summed E-state index contributed by atoms with van der Waals surface area (Å²) >= 11 is 0. The quantitative estimate of drug-likeness (QED) is 0.769. The van der Waals surface area contributed by atoms with E-state index in [1.165, 1.54) is 0 Å². The molecule has 2 aromatic heterocycles. The minimum atomic E-state index is -0.249. The summed E-state index contributed by atoms with van der Waals surface area (Å²) in [5.74, 6) is 0.600. The second-order valence-electron chi connectivity index (χ2n) is 6.13. The van der Waals surface area contributed by atoms with Gasteiger partial charge in [0.05, 0.1) is 18.9 Å². The van der Waals surface area contributed by atoms with Crippen LogP contribution in [0.1, 0.15) is 10.5 Å². The number of carbonyl (C=O) groups excluding carboxylic acids is 1. The molecular formula is C20H19N5O2. The fourth-order valence-corrected chi connectivity index (χ4v) is 2.89. The lowest BCUT2D eigenvalue weighted by Crippen LogP contribution is -2.36. The van der Waals surface area contributed by atoms with E-state index in [4.69, 9.17) is 4.74 Å². The van der Waals surface area contributed by atoms with Crippen molar-refractivity contribution in [3.8, 4) is 11.3 Å². The van der Waals surface area contributed by atoms with Crippen LogP contribution in [0.4, 0.5) is 11.5 Å². The van der Waals surface area contributed by atoms with E-state index in [1.54, 1.807) is 24.4 Å². The zero-order chi connectivity index (χ0) is 18.5. The second-order valence-corrected chi connectivity index (χ2v) is 6.13. The number of rotatable bonds is 4. The standard InChI is InChI=1S/C20H19N5O2/c26-20(18-6-1-2-9-21-18)22-16-5-3-4-15(14-16)17-7-8-19(24-23-17)25-10-12-27-13-11-25/h1-9,14H,10-13H2,(H,22,26). The smallest absolute Gasteiger partial charge is 0.274 e. The van der Waals surface area contributed by atoms with Gasteiger partial charge in [0, 0.05) is 30.5 Å². The van der Waals surface area contributed by atoms with Gasteiger partial charge in [-0.3, -0.25) is 9.78 Å². The Morgan fingerprint density at radius 3 is 2.63 bits per heavy atom. The van der Waals surface area contributed by atoms with E-state index in [-0.39, 0.29) is 5.91 Å². The van der Waals surface area contributed by atoms with Gasteiger partial charge in [0.15, 0.2) is 5.82 Å². The maximum absolute atomic E-state index is 12.3. The molecule has 1 aliphatic rings. The van der Waals surface area contributed by atoms with E-state index in [0.717, 1.165) is 30.2 Å². The van der Waals surface area contributed by atoms with Crippen LogP contribution in [0.2, 0.25) is 0 Å². The number of nitrogens with zero attached hydrogens (tertiary/aromatic N) is 4. The van der Waals surface area contributed by atoms with Crippen molar-refractivity contribution >= 4 is 17.4 Å². The zero-order valence-corrected chi connectivity index (χ0v) is 14.7. The number of pyridine rings is 1. The number of benzene rings is 1. The van der Waals surface area contributed by atoms with Crippen molar-refractivity contribution in [1.29, 1.82) is 0 Å². The third-order valence-corrected chi connectivity index (χ3v) is 4.30. The molecule has 0 unspecified atom stereocenters. The molecule has 3 heterocycles. The van der Waals surface area contributed by atoms with E-state index in [0.29, 0.717) is 24.6 Å². The normalized spacial score (nSPS) is 14.0. The van der Waals surface area contributed by atoms with Crippen LogP contribution in [-0.4, -0.2) is 47.4 Å². The number of morpholine rings is 1. The molecule has 1 N–H and O–H groups in total. The molecule has 0 spiro atoms. The summed E-state index contributed by atoms with van der Waals surface area (Å²) < 4.78 is 5.36. The summed E-state index contributed by atoms with van der Waals surface area (Å²) in [6.07, 6.45) is 1.59. The van der Waals surface area contributed by atoms with E-state index in [2.05, 4.69) is 25.4 Å². The molecule has 1 aliphatic heterocycles. The summed E-state index contributed by atoms with van der Waals surface area (Å²) in [5, 5.41) is 11.5. The SMILES string of the molecule is O=C(Nc1cccc(-c2ccc(N3CCOCC3)nn2)c1)c1ccccn1. The molecule has 1 saturated heterocycles. The fourth-order valence-electron chi connectivity index (χ4n) is 2.89. The highest BCUT2D eigenvalue weighted by atomic mass is 16.5. The summed E-state index contributed by atoms with van der Waals surface area (Å²) in [6.45, 7) is 3.06. The predicted molar refractivity (Wildman–Crippen MR) is 103 cm³/mol. The Morgan fingerprint density at radius 1 is 1.00 bits per heavy atom. The topological polar surface area (TPSA) is 80.2 Å². The van der Waals surface area contributed by atoms with Crippen LogP contribution in [0, 0.1) is 0 Å². The molecule has 0 radical (unpaired) electrons. The third-order valence-electron chi connectivity index (χ3n) is 4.30. The number of amides is 1. The first-order valence-electron chi connectivity index (χ1n) is 8.79. The first kappa shape index (κ1) is 17.1. The molecule has 27 heavy (non-hydrogen) atoms. The number of ether oxygens (including phenoxy) is 1. The van der Waals surface area contributed by atoms with Gasteiger partial charge in [-0.1, -0.05) is 18.2 Å². The van der Waals surface area contributed by atoms with Gasteiger partial charge in [-0.25, -0.2) is 0 Å². The minimum Gasteiger partial charge on any atom is -0.378 e. The van der Waals surface area contributed by atoms with Crippen molar-refractivity contribution in [3.05, 3.63) is 66.5 Å². The molecule has 0 aliphatic carbocycles. The zero-order valence-electron chi connectivity index (χ0n) is 14.7. The van der Waals surface area contributed by atoms with E-state index >= 15 is 0 Å². The second kappa shape index (κ2) is 7.92. The Balaban J connectivity index is 1.49. The number of nitrogens with one attached hydrogen (secondary N) is 1. The monoisotopic (exact) mass is 361 g/mol. The van der Waals surface area contributed by atoms with Gasteiger partial charge in [-0.05, 0) is 36.4 Å². The summed E-state index contributed by atoms with van der Waals surface area (Å²) in [5.41, 5.74) is 2.69. The molecule has 0 bridgehead atoms. The Labute approximate surface area is 157 Å². The molecule has 4 rings (SSSR count). The molecule has 7 nitrogen and oxygen atoms in total. The molecular weight excluding hydrogens is 342 g/mol. The lowest BCUT2D eigenvalue weighted by Gasteiger charge is -2.27. The summed E-state index contributed by atoms with van der Waals surface area (Å²) in [7, 11) is 0. The molecule has 3 aromatic rings. The average molecular weight is 361 g/mol. The highest BCUT2D eigenvalue weighted by Crippen LogP contribution is 2.22. The first-order chi connectivity index (χ1) is 13.3. The van der Waals surface area contributed by atoms with Crippen molar-refractivity contribution in [3.63, 3.8) is 0 Å². The molecule has 1 fully saturated rings. The third kappa shape index (κ3) is 4.09. The van der Waals surface area contributed by atoms with Gasteiger partial charge in [0.2, 0.25) is 0 Å². The summed E-state index contributed by atoms with van der Waals surface area (Å²) in [4.78, 5) is 18.5. The minimum absolute atomic E-state index is 0.249. The highest BCUT2D eigenvalue weighted by Gasteiger charge is 2.13. The van der Waals surface area contributed by atoms with Crippen molar-refractivity contribution < 1.29 is 9.53 Å². The molecule has 136 valence electrons. The van der Waals surface area contributed by atoms with Crippen LogP contribution in [0.5, 0.6) is 0 Å². The molecule has 7 heteroatoms. The predicted octanol–water partition coefficient (Wildman–Crippen LogP) is 2.63. The van der Waals surface area contributed by atoms with Gasteiger partial charge in [0.25, 0.3) is 5.91 Å². The van der Waals surface area contributed by atoms with Gasteiger partial charge in [-0.15, -0.1) is 10.2 Å². The van der Waals surface area contributed by atoms with Crippen LogP contribution in [0.25, 0.3) is 11.3 Å². The van der Waals surface area contributed by atoms with E-state index in [1.807, 2.05) is 36.4 Å². The van der Waals surface area contributed by atoms with E-state index in [9.17, 15) is 4.79 Å². The first-order valence-corrected chi connectivity index (χ1v) is 8.79. The summed E-state index contributed by atoms with van der Waals surface area (Å²) in [6, 6.07) is 16.7. The van der Waals surface area contributed by atoms with Crippen molar-refractivity contribution in [2.24, 2.45) is 0 Å². The average Bonchev–Trinajstić information content (AvgIpc) is 2.75. The maximum atomic E-state index is 12.3. The van der Waals surface area contributed by atoms with Crippen molar-refractivity contribution in [2.45, 2.75) is 0 Å². The Bertz CT molecular complexity index is 909. The van der Waals surface area contributed by atoms with Crippen LogP contribution in [-0.2, 0) is 4.74 Å². The Hall–Kier alpha value is -3.32. The Morgan fingerprint density at radius 2 is 1.89 bits per heavy atom. The highest BCUT2D eigenvalue weighted by molar-refractivity contribution is 6.03. The largest absolute Gasteiger partial charge is 0.378 e. The van der Waals surface area contributed by atoms with Crippen molar-refractivity contribution in [2.75, 3.05) is 36.5 Å². The molecule has 0 atom stereocenters. The molecule has 1 aromatic carbocycles. The van der Waals surface area contributed by atoms with Crippen LogP contribution in [0.3, 0.4) is 0 Å². The Kier molecular flexibility index (Phi) is 5.02. The van der Waals surface area contributed by atoms with Crippen LogP contribution in [0.15, 0.2) is 60.8 Å². The van der Waals surface area contributed by atoms with Gasteiger partial charge >= 0.3 is 0 Å². The van der Waals surface area contributed by atoms with Gasteiger partial charge in [0.1, 0.15) is 5.69 Å². The van der Waals surface area contributed by atoms with Crippen molar-refractivity contribution in [1.82, 2.24) is 15.2 Å².